The van der Waals surface area contributed by atoms with E-state index in [-0.39, 0.29) is 0 Å². The van der Waals surface area contributed by atoms with Gasteiger partial charge in [0.15, 0.2) is 0 Å². The highest BCUT2D eigenvalue weighted by molar-refractivity contribution is 5.16. The van der Waals surface area contributed by atoms with Crippen LogP contribution in [0.1, 0.15) is 57.4 Å². The normalized spacial score (nSPS) is 42.2. The summed E-state index contributed by atoms with van der Waals surface area (Å²) in [5.41, 5.74) is 9.33. The SMILES string of the molecule is CC12CC3CC(C1)CC(C(N)CCc1ccccc1)(C3)C2. The van der Waals surface area contributed by atoms with E-state index in [1.165, 1.54) is 50.5 Å². The van der Waals surface area contributed by atoms with Crippen molar-refractivity contribution in [2.24, 2.45) is 28.4 Å². The second-order valence-corrected chi connectivity index (χ2v) is 8.76. The van der Waals surface area contributed by atoms with Crippen LogP contribution in [0.5, 0.6) is 0 Å². The number of benzene rings is 1. The molecule has 0 heterocycles. The molecule has 1 aromatic rings. The zero-order valence-corrected chi connectivity index (χ0v) is 13.4. The molecular formula is C20H29N. The van der Waals surface area contributed by atoms with Gasteiger partial charge in [-0.25, -0.2) is 0 Å². The van der Waals surface area contributed by atoms with Crippen molar-refractivity contribution < 1.29 is 0 Å². The Hall–Kier alpha value is -0.820. The van der Waals surface area contributed by atoms with Gasteiger partial charge in [0.05, 0.1) is 0 Å². The van der Waals surface area contributed by atoms with E-state index in [2.05, 4.69) is 37.3 Å². The Morgan fingerprint density at radius 3 is 2.38 bits per heavy atom. The molecule has 0 aromatic heterocycles. The molecule has 0 amide bonds. The van der Waals surface area contributed by atoms with Gasteiger partial charge in [0.1, 0.15) is 0 Å². The average Bonchev–Trinajstić information content (AvgIpc) is 2.43. The van der Waals surface area contributed by atoms with Crippen molar-refractivity contribution in [3.05, 3.63) is 35.9 Å². The van der Waals surface area contributed by atoms with Gasteiger partial charge in [-0.2, -0.15) is 0 Å². The molecule has 0 aliphatic heterocycles. The van der Waals surface area contributed by atoms with Crippen molar-refractivity contribution in [1.29, 1.82) is 0 Å². The first kappa shape index (κ1) is 13.8. The van der Waals surface area contributed by atoms with E-state index in [1.807, 2.05) is 0 Å². The third-order valence-electron chi connectivity index (χ3n) is 6.77. The topological polar surface area (TPSA) is 26.0 Å². The molecule has 5 rings (SSSR count). The summed E-state index contributed by atoms with van der Waals surface area (Å²) >= 11 is 0. The van der Waals surface area contributed by atoms with Gasteiger partial charge in [0, 0.05) is 6.04 Å². The summed E-state index contributed by atoms with van der Waals surface area (Å²) in [6.45, 7) is 2.54. The molecule has 1 aromatic carbocycles. The maximum Gasteiger partial charge on any atom is 0.00991 e. The molecule has 4 fully saturated rings. The van der Waals surface area contributed by atoms with Crippen LogP contribution in [0, 0.1) is 22.7 Å². The quantitative estimate of drug-likeness (QED) is 0.861. The van der Waals surface area contributed by atoms with Crippen LogP contribution in [-0.2, 0) is 6.42 Å². The Balaban J connectivity index is 1.48. The predicted molar refractivity (Wildman–Crippen MR) is 88.0 cm³/mol. The van der Waals surface area contributed by atoms with E-state index in [4.69, 9.17) is 5.73 Å². The molecule has 3 atom stereocenters. The lowest BCUT2D eigenvalue weighted by Gasteiger charge is -2.63. The van der Waals surface area contributed by atoms with E-state index in [1.54, 1.807) is 0 Å². The van der Waals surface area contributed by atoms with E-state index < -0.39 is 0 Å². The summed E-state index contributed by atoms with van der Waals surface area (Å²) in [5.74, 6) is 1.97. The van der Waals surface area contributed by atoms with Gasteiger partial charge in [0.2, 0.25) is 0 Å². The van der Waals surface area contributed by atoms with Crippen LogP contribution in [-0.4, -0.2) is 6.04 Å². The molecule has 114 valence electrons. The fraction of sp³-hybridized carbons (Fsp3) is 0.700. The van der Waals surface area contributed by atoms with Crippen molar-refractivity contribution in [3.63, 3.8) is 0 Å². The Kier molecular flexibility index (Phi) is 3.19. The molecule has 4 aliphatic rings. The van der Waals surface area contributed by atoms with Crippen LogP contribution in [0.3, 0.4) is 0 Å². The van der Waals surface area contributed by atoms with Crippen molar-refractivity contribution in [2.45, 2.75) is 64.3 Å². The maximum absolute atomic E-state index is 6.78. The first-order valence-electron chi connectivity index (χ1n) is 8.87. The molecule has 0 spiro atoms. The van der Waals surface area contributed by atoms with Crippen molar-refractivity contribution in [3.8, 4) is 0 Å². The standard InChI is InChI=1S/C20H29N/c1-19-10-16-9-17(11-19)13-20(12-16,14-19)18(21)8-7-15-5-3-2-4-6-15/h2-6,16-18H,7-14,21H2,1H3. The van der Waals surface area contributed by atoms with Crippen LogP contribution in [0.2, 0.25) is 0 Å². The first-order chi connectivity index (χ1) is 10.1. The fourth-order valence-electron chi connectivity index (χ4n) is 6.50. The molecule has 0 saturated heterocycles. The number of aryl methyl sites for hydroxylation is 1. The van der Waals surface area contributed by atoms with Crippen LogP contribution in [0.15, 0.2) is 30.3 Å². The van der Waals surface area contributed by atoms with Crippen LogP contribution < -0.4 is 5.73 Å². The Morgan fingerprint density at radius 1 is 1.10 bits per heavy atom. The van der Waals surface area contributed by atoms with Gasteiger partial charge in [-0.1, -0.05) is 37.3 Å². The summed E-state index contributed by atoms with van der Waals surface area (Å²) in [5, 5.41) is 0. The van der Waals surface area contributed by atoms with Gasteiger partial charge in [-0.05, 0) is 79.6 Å². The van der Waals surface area contributed by atoms with E-state index in [0.29, 0.717) is 16.9 Å². The number of hydrogen-bond acceptors (Lipinski definition) is 1. The number of rotatable bonds is 4. The Bertz CT molecular complexity index is 492. The monoisotopic (exact) mass is 283 g/mol. The van der Waals surface area contributed by atoms with Gasteiger partial charge < -0.3 is 5.73 Å². The predicted octanol–water partition coefficient (Wildman–Crippen LogP) is 4.55. The Morgan fingerprint density at radius 2 is 1.76 bits per heavy atom. The van der Waals surface area contributed by atoms with Crippen LogP contribution in [0.4, 0.5) is 0 Å². The zero-order chi connectivity index (χ0) is 14.5. The lowest BCUT2D eigenvalue weighted by Crippen LogP contribution is -2.57. The first-order valence-corrected chi connectivity index (χ1v) is 8.87. The minimum atomic E-state index is 0.405. The minimum Gasteiger partial charge on any atom is -0.327 e. The van der Waals surface area contributed by atoms with Crippen molar-refractivity contribution >= 4 is 0 Å². The highest BCUT2D eigenvalue weighted by atomic mass is 14.7. The molecular weight excluding hydrogens is 254 g/mol. The van der Waals surface area contributed by atoms with Crippen LogP contribution >= 0.6 is 0 Å². The van der Waals surface area contributed by atoms with Crippen molar-refractivity contribution in [2.75, 3.05) is 0 Å². The van der Waals surface area contributed by atoms with Gasteiger partial charge in [0.25, 0.3) is 0 Å². The number of hydrogen-bond donors (Lipinski definition) is 1. The third-order valence-corrected chi connectivity index (χ3v) is 6.77. The lowest BCUT2D eigenvalue weighted by atomic mass is 9.43. The van der Waals surface area contributed by atoms with Gasteiger partial charge in [-0.3, -0.25) is 0 Å². The largest absolute Gasteiger partial charge is 0.327 e. The lowest BCUT2D eigenvalue weighted by molar-refractivity contribution is -0.113. The van der Waals surface area contributed by atoms with E-state index in [9.17, 15) is 0 Å². The maximum atomic E-state index is 6.78. The molecule has 4 bridgehead atoms. The van der Waals surface area contributed by atoms with Crippen LogP contribution in [0.25, 0.3) is 0 Å². The van der Waals surface area contributed by atoms with E-state index in [0.717, 1.165) is 18.3 Å². The van der Waals surface area contributed by atoms with E-state index >= 15 is 0 Å². The third kappa shape index (κ3) is 2.44. The summed E-state index contributed by atoms with van der Waals surface area (Å²) in [4.78, 5) is 0. The average molecular weight is 283 g/mol. The van der Waals surface area contributed by atoms with Crippen molar-refractivity contribution in [1.82, 2.24) is 0 Å². The molecule has 3 unspecified atom stereocenters. The Labute approximate surface area is 129 Å². The molecule has 21 heavy (non-hydrogen) atoms. The smallest absolute Gasteiger partial charge is 0.00991 e. The molecule has 1 nitrogen and oxygen atoms in total. The second kappa shape index (κ2) is 4.84. The zero-order valence-electron chi connectivity index (χ0n) is 13.4. The van der Waals surface area contributed by atoms with Gasteiger partial charge in [-0.15, -0.1) is 0 Å². The molecule has 0 radical (unpaired) electrons. The molecule has 4 aliphatic carbocycles. The fourth-order valence-corrected chi connectivity index (χ4v) is 6.50. The highest BCUT2D eigenvalue weighted by Gasteiger charge is 2.57. The highest BCUT2D eigenvalue weighted by Crippen LogP contribution is 2.66. The molecule has 4 saturated carbocycles. The summed E-state index contributed by atoms with van der Waals surface area (Å²) in [6.07, 6.45) is 11.0. The second-order valence-electron chi connectivity index (χ2n) is 8.76. The molecule has 1 heteroatoms. The summed E-state index contributed by atoms with van der Waals surface area (Å²) in [6, 6.07) is 11.3. The minimum absolute atomic E-state index is 0.405. The van der Waals surface area contributed by atoms with Gasteiger partial charge >= 0.3 is 0 Å². The number of nitrogens with two attached hydrogens (primary N) is 1. The molecule has 2 N–H and O–H groups in total. The summed E-state index contributed by atoms with van der Waals surface area (Å²) < 4.78 is 0. The summed E-state index contributed by atoms with van der Waals surface area (Å²) in [7, 11) is 0.